The Balaban J connectivity index is 2.87. The van der Waals surface area contributed by atoms with E-state index in [0.29, 0.717) is 11.8 Å². The Labute approximate surface area is 105 Å². The molecule has 3 heteroatoms. The van der Waals surface area contributed by atoms with Crippen molar-refractivity contribution < 1.29 is 4.74 Å². The highest BCUT2D eigenvalue weighted by Crippen LogP contribution is 2.19. The molecule has 0 saturated heterocycles. The lowest BCUT2D eigenvalue weighted by atomic mass is 10.1. The summed E-state index contributed by atoms with van der Waals surface area (Å²) in [5, 5.41) is 3.47. The average molecular weight is 236 g/mol. The summed E-state index contributed by atoms with van der Waals surface area (Å²) >= 11 is 0. The van der Waals surface area contributed by atoms with Crippen LogP contribution >= 0.6 is 0 Å². The third-order valence-corrected chi connectivity index (χ3v) is 2.50. The Morgan fingerprint density at radius 1 is 1.29 bits per heavy atom. The third-order valence-electron chi connectivity index (χ3n) is 2.50. The van der Waals surface area contributed by atoms with E-state index in [1.807, 2.05) is 6.07 Å². The number of pyridine rings is 1. The smallest absolute Gasteiger partial charge is 0.213 e. The fourth-order valence-corrected chi connectivity index (χ4v) is 1.45. The van der Waals surface area contributed by atoms with Crippen molar-refractivity contribution in [1.29, 1.82) is 0 Å². The van der Waals surface area contributed by atoms with Gasteiger partial charge >= 0.3 is 0 Å². The molecule has 0 atom stereocenters. The summed E-state index contributed by atoms with van der Waals surface area (Å²) in [5.41, 5.74) is 2.42. The molecular weight excluding hydrogens is 212 g/mol. The van der Waals surface area contributed by atoms with Crippen molar-refractivity contribution in [2.45, 2.75) is 52.6 Å². The summed E-state index contributed by atoms with van der Waals surface area (Å²) in [4.78, 5) is 4.45. The van der Waals surface area contributed by atoms with Crippen molar-refractivity contribution >= 4 is 0 Å². The van der Waals surface area contributed by atoms with Gasteiger partial charge in [0.1, 0.15) is 0 Å². The quantitative estimate of drug-likeness (QED) is 0.872. The molecule has 0 aliphatic heterocycles. The predicted molar refractivity (Wildman–Crippen MR) is 71.5 cm³/mol. The predicted octanol–water partition coefficient (Wildman–Crippen LogP) is 3.10. The molecule has 17 heavy (non-hydrogen) atoms. The van der Waals surface area contributed by atoms with Gasteiger partial charge in [0.15, 0.2) is 0 Å². The van der Waals surface area contributed by atoms with E-state index in [0.717, 1.165) is 12.2 Å². The number of rotatable bonds is 4. The molecule has 96 valence electrons. The third kappa shape index (κ3) is 4.73. The molecule has 0 spiro atoms. The van der Waals surface area contributed by atoms with Gasteiger partial charge in [-0.15, -0.1) is 0 Å². The number of nitrogens with one attached hydrogen (secondary N) is 1. The minimum atomic E-state index is 0.120. The van der Waals surface area contributed by atoms with E-state index in [2.05, 4.69) is 51.0 Å². The van der Waals surface area contributed by atoms with Gasteiger partial charge in [0, 0.05) is 23.8 Å². The zero-order chi connectivity index (χ0) is 13.1. The number of aromatic nitrogens is 1. The number of nitrogens with zero attached hydrogens (tertiary/aromatic N) is 1. The second kappa shape index (κ2) is 5.50. The largest absolute Gasteiger partial charge is 0.481 e. The van der Waals surface area contributed by atoms with Crippen molar-refractivity contribution in [3.63, 3.8) is 0 Å². The number of hydrogen-bond donors (Lipinski definition) is 1. The molecule has 0 amide bonds. The van der Waals surface area contributed by atoms with Crippen molar-refractivity contribution in [2.75, 3.05) is 7.11 Å². The van der Waals surface area contributed by atoms with Gasteiger partial charge < -0.3 is 10.1 Å². The summed E-state index contributed by atoms with van der Waals surface area (Å²) in [7, 11) is 1.66. The molecule has 0 unspecified atom stereocenters. The zero-order valence-corrected chi connectivity index (χ0v) is 11.8. The maximum Gasteiger partial charge on any atom is 0.213 e. The van der Waals surface area contributed by atoms with E-state index in [1.165, 1.54) is 5.56 Å². The summed E-state index contributed by atoms with van der Waals surface area (Å²) in [5.74, 6) is 1.11. The van der Waals surface area contributed by atoms with Gasteiger partial charge in [-0.1, -0.05) is 13.8 Å². The Morgan fingerprint density at radius 2 is 1.94 bits per heavy atom. The van der Waals surface area contributed by atoms with Gasteiger partial charge in [0.25, 0.3) is 0 Å². The Kier molecular flexibility index (Phi) is 4.52. The highest BCUT2D eigenvalue weighted by atomic mass is 16.5. The molecule has 0 radical (unpaired) electrons. The summed E-state index contributed by atoms with van der Waals surface area (Å²) in [6.07, 6.45) is 0. The van der Waals surface area contributed by atoms with Crippen LogP contribution in [0.1, 0.15) is 51.8 Å². The van der Waals surface area contributed by atoms with Crippen LogP contribution in [0.2, 0.25) is 0 Å². The molecule has 0 fully saturated rings. The lowest BCUT2D eigenvalue weighted by molar-refractivity contribution is 0.392. The van der Waals surface area contributed by atoms with E-state index in [4.69, 9.17) is 4.74 Å². The van der Waals surface area contributed by atoms with Crippen LogP contribution in [-0.4, -0.2) is 17.6 Å². The van der Waals surface area contributed by atoms with Crippen LogP contribution in [0, 0.1) is 0 Å². The lowest BCUT2D eigenvalue weighted by Gasteiger charge is -2.21. The first kappa shape index (κ1) is 14.0. The molecule has 0 bridgehead atoms. The molecule has 0 saturated carbocycles. The van der Waals surface area contributed by atoms with Gasteiger partial charge in [-0.05, 0) is 38.3 Å². The minimum Gasteiger partial charge on any atom is -0.481 e. The maximum atomic E-state index is 5.24. The van der Waals surface area contributed by atoms with Crippen LogP contribution in [0.3, 0.4) is 0 Å². The average Bonchev–Trinajstić information content (AvgIpc) is 2.25. The Bertz CT molecular complexity index is 367. The zero-order valence-electron chi connectivity index (χ0n) is 11.8. The molecule has 1 aromatic heterocycles. The molecule has 0 aliphatic carbocycles. The highest BCUT2D eigenvalue weighted by molar-refractivity contribution is 5.26. The van der Waals surface area contributed by atoms with E-state index >= 15 is 0 Å². The summed E-state index contributed by atoms with van der Waals surface area (Å²) < 4.78 is 5.24. The van der Waals surface area contributed by atoms with Crippen LogP contribution in [-0.2, 0) is 6.54 Å². The van der Waals surface area contributed by atoms with Gasteiger partial charge in [-0.25, -0.2) is 4.98 Å². The topological polar surface area (TPSA) is 34.1 Å². The van der Waals surface area contributed by atoms with E-state index < -0.39 is 0 Å². The van der Waals surface area contributed by atoms with E-state index in [9.17, 15) is 0 Å². The molecule has 1 heterocycles. The monoisotopic (exact) mass is 236 g/mol. The molecule has 1 rings (SSSR count). The van der Waals surface area contributed by atoms with Crippen LogP contribution < -0.4 is 10.1 Å². The number of ether oxygens (including phenoxy) is 1. The fraction of sp³-hybridized carbons (Fsp3) is 0.643. The van der Waals surface area contributed by atoms with Crippen molar-refractivity contribution in [1.82, 2.24) is 10.3 Å². The van der Waals surface area contributed by atoms with Crippen LogP contribution in [0.15, 0.2) is 12.1 Å². The summed E-state index contributed by atoms with van der Waals surface area (Å²) in [6.45, 7) is 11.6. The van der Waals surface area contributed by atoms with Gasteiger partial charge in [-0.3, -0.25) is 0 Å². The molecule has 1 aromatic rings. The first-order chi connectivity index (χ1) is 7.81. The molecule has 3 nitrogen and oxygen atoms in total. The fourth-order valence-electron chi connectivity index (χ4n) is 1.45. The van der Waals surface area contributed by atoms with E-state index in [-0.39, 0.29) is 5.54 Å². The SMILES string of the molecule is COc1cc(CNC(C)(C)C)cc(C(C)C)n1. The van der Waals surface area contributed by atoms with Gasteiger partial charge in [0.2, 0.25) is 5.88 Å². The second-order valence-electron chi connectivity index (χ2n) is 5.70. The van der Waals surface area contributed by atoms with Gasteiger partial charge in [0.05, 0.1) is 7.11 Å². The normalized spacial score (nSPS) is 11.9. The van der Waals surface area contributed by atoms with Gasteiger partial charge in [-0.2, -0.15) is 0 Å². The first-order valence-electron chi connectivity index (χ1n) is 6.11. The number of hydrogen-bond acceptors (Lipinski definition) is 3. The molecular formula is C14H24N2O. The minimum absolute atomic E-state index is 0.120. The standard InChI is InChI=1S/C14H24N2O/c1-10(2)12-7-11(8-13(16-12)17-6)9-15-14(3,4)5/h7-8,10,15H,9H2,1-6H3. The van der Waals surface area contributed by atoms with Crippen molar-refractivity contribution in [2.24, 2.45) is 0 Å². The lowest BCUT2D eigenvalue weighted by Crippen LogP contribution is -2.35. The molecule has 1 N–H and O–H groups in total. The van der Waals surface area contributed by atoms with Crippen molar-refractivity contribution in [3.05, 3.63) is 23.4 Å². The van der Waals surface area contributed by atoms with Crippen LogP contribution in [0.4, 0.5) is 0 Å². The second-order valence-corrected chi connectivity index (χ2v) is 5.70. The van der Waals surface area contributed by atoms with Crippen molar-refractivity contribution in [3.8, 4) is 5.88 Å². The summed E-state index contributed by atoms with van der Waals surface area (Å²) in [6, 6.07) is 4.14. The maximum absolute atomic E-state index is 5.24. The van der Waals surface area contributed by atoms with Crippen LogP contribution in [0.5, 0.6) is 5.88 Å². The van der Waals surface area contributed by atoms with E-state index in [1.54, 1.807) is 7.11 Å². The number of methoxy groups -OCH3 is 1. The van der Waals surface area contributed by atoms with Crippen LogP contribution in [0.25, 0.3) is 0 Å². The Hall–Kier alpha value is -1.09. The first-order valence-corrected chi connectivity index (χ1v) is 6.11. The Morgan fingerprint density at radius 3 is 2.41 bits per heavy atom. The molecule has 0 aliphatic rings. The molecule has 0 aromatic carbocycles. The highest BCUT2D eigenvalue weighted by Gasteiger charge is 2.11.